The summed E-state index contributed by atoms with van der Waals surface area (Å²) in [5, 5.41) is 13.6. The fourth-order valence-electron chi connectivity index (χ4n) is 3.37. The quantitative estimate of drug-likeness (QED) is 0.135. The molecule has 1 aromatic carbocycles. The average Bonchev–Trinajstić information content (AvgIpc) is 3.23. The third kappa shape index (κ3) is 7.37. The predicted molar refractivity (Wildman–Crippen MR) is 141 cm³/mol. The molecule has 3 aromatic rings. The van der Waals surface area contributed by atoms with Gasteiger partial charge in [-0.25, -0.2) is 20.6 Å². The molecule has 208 valence electrons. The molecule has 0 bridgehead atoms. The van der Waals surface area contributed by atoms with Crippen LogP contribution in [0.4, 0.5) is 18.9 Å². The van der Waals surface area contributed by atoms with E-state index in [9.17, 15) is 22.8 Å². The van der Waals surface area contributed by atoms with Gasteiger partial charge in [0.15, 0.2) is 5.82 Å². The molecule has 0 aliphatic rings. The summed E-state index contributed by atoms with van der Waals surface area (Å²) in [6.45, 7) is 4.74. The Bertz CT molecular complexity index is 1420. The van der Waals surface area contributed by atoms with Gasteiger partial charge < -0.3 is 16.4 Å². The standard InChI is InChI=1S/C23H24Cl2F3N9O2/c1-11(2)32-20(38)15-8-13(24)7-12(3)18(15)33-21(39)17-9-14(10-36(30)35-22(29)23(26,27)28)34-37(17)19-16(25)5-4-6-31-19/h4-9,11H,10,30H2,1-3H3,(H2,29,35)(H,32,38)(H,33,39). The number of amidine groups is 1. The van der Waals surface area contributed by atoms with E-state index >= 15 is 0 Å². The zero-order valence-electron chi connectivity index (χ0n) is 20.8. The first kappa shape index (κ1) is 29.7. The van der Waals surface area contributed by atoms with Crippen LogP contribution < -0.4 is 22.2 Å². The van der Waals surface area contributed by atoms with Gasteiger partial charge in [-0.05, 0) is 56.7 Å². The zero-order valence-corrected chi connectivity index (χ0v) is 22.4. The number of benzene rings is 1. The lowest BCUT2D eigenvalue weighted by Crippen LogP contribution is -2.36. The minimum Gasteiger partial charge on any atom is -0.378 e. The largest absolute Gasteiger partial charge is 0.450 e. The molecule has 0 saturated carbocycles. The molecule has 11 nitrogen and oxygen atoms in total. The van der Waals surface area contributed by atoms with Gasteiger partial charge in [0.1, 0.15) is 5.69 Å². The summed E-state index contributed by atoms with van der Waals surface area (Å²) >= 11 is 12.4. The van der Waals surface area contributed by atoms with Crippen LogP contribution in [0.5, 0.6) is 0 Å². The second kappa shape index (κ2) is 11.9. The number of nitrogens with one attached hydrogen (secondary N) is 2. The lowest BCUT2D eigenvalue weighted by molar-refractivity contribution is -0.0615. The van der Waals surface area contributed by atoms with Gasteiger partial charge in [-0.3, -0.25) is 9.59 Å². The van der Waals surface area contributed by atoms with Crippen molar-refractivity contribution in [2.24, 2.45) is 16.7 Å². The molecule has 16 heteroatoms. The third-order valence-electron chi connectivity index (χ3n) is 4.99. The first-order valence-corrected chi connectivity index (χ1v) is 12.0. The van der Waals surface area contributed by atoms with Gasteiger partial charge >= 0.3 is 6.18 Å². The van der Waals surface area contributed by atoms with Crippen LogP contribution in [0, 0.1) is 6.92 Å². The number of pyridine rings is 1. The van der Waals surface area contributed by atoms with E-state index in [1.165, 1.54) is 24.4 Å². The molecule has 0 atom stereocenters. The zero-order chi connectivity index (χ0) is 29.1. The number of amides is 2. The molecule has 2 amide bonds. The second-order valence-electron chi connectivity index (χ2n) is 8.55. The highest BCUT2D eigenvalue weighted by Crippen LogP contribution is 2.27. The van der Waals surface area contributed by atoms with Gasteiger partial charge in [0, 0.05) is 17.3 Å². The van der Waals surface area contributed by atoms with Gasteiger partial charge in [-0.2, -0.15) is 18.3 Å². The van der Waals surface area contributed by atoms with E-state index in [2.05, 4.69) is 25.8 Å². The molecule has 2 heterocycles. The molecule has 0 unspecified atom stereocenters. The summed E-state index contributed by atoms with van der Waals surface area (Å²) in [5.41, 5.74) is 5.65. The molecule has 3 rings (SSSR count). The van der Waals surface area contributed by atoms with Crippen LogP contribution in [0.15, 0.2) is 41.6 Å². The van der Waals surface area contributed by atoms with Gasteiger partial charge in [-0.1, -0.05) is 23.2 Å². The van der Waals surface area contributed by atoms with Crippen LogP contribution in [0.1, 0.15) is 46.0 Å². The molecule has 0 radical (unpaired) electrons. The minimum absolute atomic E-state index is 0.0358. The number of aryl methyl sites for hydroxylation is 1. The summed E-state index contributed by atoms with van der Waals surface area (Å²) in [4.78, 5) is 30.5. The van der Waals surface area contributed by atoms with Crippen LogP contribution in [-0.2, 0) is 6.54 Å². The normalized spacial score (nSPS) is 12.0. The molecule has 0 fully saturated rings. The lowest BCUT2D eigenvalue weighted by atomic mass is 10.1. The topological polar surface area (TPSA) is 157 Å². The summed E-state index contributed by atoms with van der Waals surface area (Å²) in [5.74, 6) is 2.77. The van der Waals surface area contributed by atoms with Crippen molar-refractivity contribution >= 4 is 46.5 Å². The fourth-order valence-corrected chi connectivity index (χ4v) is 3.84. The highest BCUT2D eigenvalue weighted by Gasteiger charge is 2.34. The monoisotopic (exact) mass is 585 g/mol. The van der Waals surface area contributed by atoms with E-state index in [1.807, 2.05) is 0 Å². The Balaban J connectivity index is 2.04. The van der Waals surface area contributed by atoms with Crippen molar-refractivity contribution in [1.82, 2.24) is 25.2 Å². The Hall–Kier alpha value is -3.88. The van der Waals surface area contributed by atoms with Crippen molar-refractivity contribution in [3.8, 4) is 5.82 Å². The second-order valence-corrected chi connectivity index (χ2v) is 9.39. The Morgan fingerprint density at radius 2 is 1.90 bits per heavy atom. The maximum Gasteiger partial charge on any atom is 0.450 e. The third-order valence-corrected chi connectivity index (χ3v) is 5.50. The smallest absolute Gasteiger partial charge is 0.378 e. The fraction of sp³-hybridized carbons (Fsp3) is 0.261. The summed E-state index contributed by atoms with van der Waals surface area (Å²) in [6, 6.07) is 7.12. The maximum atomic E-state index is 13.5. The van der Waals surface area contributed by atoms with E-state index in [4.69, 9.17) is 34.8 Å². The van der Waals surface area contributed by atoms with Crippen molar-refractivity contribution in [2.45, 2.75) is 39.5 Å². The van der Waals surface area contributed by atoms with Crippen molar-refractivity contribution in [3.63, 3.8) is 0 Å². The minimum atomic E-state index is -4.89. The van der Waals surface area contributed by atoms with E-state index in [-0.39, 0.29) is 44.5 Å². The summed E-state index contributed by atoms with van der Waals surface area (Å²) < 4.78 is 39.3. The van der Waals surface area contributed by atoms with E-state index < -0.39 is 30.4 Å². The van der Waals surface area contributed by atoms with Crippen molar-refractivity contribution < 1.29 is 22.8 Å². The highest BCUT2D eigenvalue weighted by molar-refractivity contribution is 6.32. The van der Waals surface area contributed by atoms with E-state index in [0.29, 0.717) is 10.7 Å². The highest BCUT2D eigenvalue weighted by atomic mass is 35.5. The average molecular weight is 586 g/mol. The van der Waals surface area contributed by atoms with Gasteiger partial charge in [0.25, 0.3) is 11.8 Å². The number of rotatable bonds is 8. The van der Waals surface area contributed by atoms with Crippen LogP contribution in [0.3, 0.4) is 0 Å². The number of carbonyl (C=O) groups is 2. The number of halogens is 5. The Morgan fingerprint density at radius 3 is 2.51 bits per heavy atom. The number of aromatic nitrogens is 3. The van der Waals surface area contributed by atoms with Crippen molar-refractivity contribution in [3.05, 3.63) is 69.1 Å². The van der Waals surface area contributed by atoms with E-state index in [0.717, 1.165) is 4.68 Å². The number of hydrogen-bond donors (Lipinski definition) is 4. The maximum absolute atomic E-state index is 13.5. The molecular formula is C23H24Cl2F3N9O2. The lowest BCUT2D eigenvalue weighted by Gasteiger charge is -2.16. The van der Waals surface area contributed by atoms with Crippen LogP contribution >= 0.6 is 23.2 Å². The molecule has 2 aromatic heterocycles. The van der Waals surface area contributed by atoms with Crippen molar-refractivity contribution in [2.75, 3.05) is 5.32 Å². The molecule has 39 heavy (non-hydrogen) atoms. The number of carbonyl (C=O) groups excluding carboxylic acids is 2. The first-order chi connectivity index (χ1) is 18.2. The number of hydrogen-bond acceptors (Lipinski definition) is 7. The molecular weight excluding hydrogens is 562 g/mol. The van der Waals surface area contributed by atoms with E-state index in [1.54, 1.807) is 32.9 Å². The number of hydrazone groups is 1. The number of nitrogens with zero attached hydrogens (tertiary/aromatic N) is 5. The molecule has 0 aliphatic carbocycles. The summed E-state index contributed by atoms with van der Waals surface area (Å²) in [6.07, 6.45) is -3.48. The number of alkyl halides is 3. The predicted octanol–water partition coefficient (Wildman–Crippen LogP) is 3.78. The van der Waals surface area contributed by atoms with Crippen LogP contribution in [0.25, 0.3) is 5.82 Å². The van der Waals surface area contributed by atoms with Gasteiger partial charge in [-0.15, -0.1) is 5.10 Å². The molecule has 0 saturated heterocycles. The SMILES string of the molecule is Cc1cc(Cl)cc(C(=O)NC(C)C)c1NC(=O)c1cc(CN(N)/N=C(\N)C(F)(F)F)nn1-c1ncccc1Cl. The van der Waals surface area contributed by atoms with Gasteiger partial charge in [0.05, 0.1) is 28.5 Å². The first-order valence-electron chi connectivity index (χ1n) is 11.2. The number of anilines is 1. The van der Waals surface area contributed by atoms with Crippen LogP contribution in [-0.4, -0.2) is 49.8 Å². The van der Waals surface area contributed by atoms with Gasteiger partial charge in [0.2, 0.25) is 5.84 Å². The molecule has 0 spiro atoms. The Morgan fingerprint density at radius 1 is 1.21 bits per heavy atom. The Labute approximate surface area is 230 Å². The molecule has 6 N–H and O–H groups in total. The molecule has 0 aliphatic heterocycles. The Kier molecular flexibility index (Phi) is 9.04. The number of nitrogens with two attached hydrogens (primary N) is 2. The number of hydrazine groups is 1. The van der Waals surface area contributed by atoms with Crippen LogP contribution in [0.2, 0.25) is 10.0 Å². The summed E-state index contributed by atoms with van der Waals surface area (Å²) in [7, 11) is 0. The van der Waals surface area contributed by atoms with Crippen molar-refractivity contribution in [1.29, 1.82) is 0 Å².